The topological polar surface area (TPSA) is 39.1 Å². The Morgan fingerprint density at radius 3 is 3.04 bits per heavy atom. The van der Waals surface area contributed by atoms with Crippen molar-refractivity contribution in [1.29, 1.82) is 0 Å². The number of rotatable bonds is 4. The van der Waals surface area contributed by atoms with Gasteiger partial charge in [-0.05, 0) is 55.3 Å². The van der Waals surface area contributed by atoms with Crippen molar-refractivity contribution in [2.24, 2.45) is 0 Å². The van der Waals surface area contributed by atoms with Crippen molar-refractivity contribution in [3.05, 3.63) is 59.9 Å². The molecule has 4 nitrogen and oxygen atoms in total. The zero-order chi connectivity index (χ0) is 16.4. The molecule has 1 aromatic carbocycles. The molecule has 1 aliphatic rings. The standard InChI is InChI=1S/C20H23N3O/c1-24-18-8-2-5-15(11-18)14-23-19(17-7-3-9-21-13-17)12-16-6-4-10-22-20(16)23/h2,4-6,8,10-12,17,21H,3,7,9,13-14H2,1H3/t17-/m1/s1. The van der Waals surface area contributed by atoms with E-state index in [1.54, 1.807) is 7.11 Å². The van der Waals surface area contributed by atoms with Gasteiger partial charge in [-0.2, -0.15) is 0 Å². The molecule has 3 aromatic rings. The van der Waals surface area contributed by atoms with E-state index in [0.717, 1.165) is 31.0 Å². The molecule has 1 aliphatic heterocycles. The van der Waals surface area contributed by atoms with Crippen molar-refractivity contribution in [3.8, 4) is 5.75 Å². The van der Waals surface area contributed by atoms with Gasteiger partial charge in [0.15, 0.2) is 0 Å². The van der Waals surface area contributed by atoms with Crippen molar-refractivity contribution >= 4 is 11.0 Å². The zero-order valence-corrected chi connectivity index (χ0v) is 14.0. The Morgan fingerprint density at radius 1 is 1.25 bits per heavy atom. The van der Waals surface area contributed by atoms with Gasteiger partial charge in [-0.25, -0.2) is 4.98 Å². The number of piperidine rings is 1. The smallest absolute Gasteiger partial charge is 0.140 e. The summed E-state index contributed by atoms with van der Waals surface area (Å²) in [6.45, 7) is 3.00. The molecule has 24 heavy (non-hydrogen) atoms. The zero-order valence-electron chi connectivity index (χ0n) is 14.0. The minimum absolute atomic E-state index is 0.554. The van der Waals surface area contributed by atoms with Crippen LogP contribution in [0.1, 0.15) is 30.0 Å². The molecule has 1 atom stereocenters. The molecule has 4 rings (SSSR count). The first kappa shape index (κ1) is 15.2. The van der Waals surface area contributed by atoms with Crippen molar-refractivity contribution in [2.75, 3.05) is 20.2 Å². The summed E-state index contributed by atoms with van der Waals surface area (Å²) in [7, 11) is 1.71. The summed E-state index contributed by atoms with van der Waals surface area (Å²) < 4.78 is 7.75. The second-order valence-electron chi connectivity index (χ2n) is 6.47. The Balaban J connectivity index is 1.76. The van der Waals surface area contributed by atoms with Gasteiger partial charge < -0.3 is 14.6 Å². The highest BCUT2D eigenvalue weighted by Crippen LogP contribution is 2.29. The molecular formula is C20H23N3O. The first-order valence-electron chi connectivity index (χ1n) is 8.63. The third-order valence-corrected chi connectivity index (χ3v) is 4.88. The molecule has 1 fully saturated rings. The minimum Gasteiger partial charge on any atom is -0.497 e. The lowest BCUT2D eigenvalue weighted by Gasteiger charge is -2.24. The number of hydrogen-bond donors (Lipinski definition) is 1. The first-order chi connectivity index (χ1) is 11.8. The molecule has 2 aromatic heterocycles. The Morgan fingerprint density at radius 2 is 2.21 bits per heavy atom. The number of aromatic nitrogens is 2. The van der Waals surface area contributed by atoms with Crippen LogP contribution in [0.5, 0.6) is 5.75 Å². The summed E-state index contributed by atoms with van der Waals surface area (Å²) in [6.07, 6.45) is 4.35. The van der Waals surface area contributed by atoms with Gasteiger partial charge in [-0.3, -0.25) is 0 Å². The van der Waals surface area contributed by atoms with Crippen LogP contribution in [0.4, 0.5) is 0 Å². The van der Waals surface area contributed by atoms with Crippen LogP contribution in [0.15, 0.2) is 48.7 Å². The van der Waals surface area contributed by atoms with Crippen LogP contribution in [-0.4, -0.2) is 29.8 Å². The summed E-state index contributed by atoms with van der Waals surface area (Å²) in [5.74, 6) is 1.45. The second kappa shape index (κ2) is 6.65. The molecule has 1 saturated heterocycles. The number of benzene rings is 1. The monoisotopic (exact) mass is 321 g/mol. The summed E-state index contributed by atoms with van der Waals surface area (Å²) in [6, 6.07) is 14.8. The van der Waals surface area contributed by atoms with E-state index < -0.39 is 0 Å². The molecule has 0 aliphatic carbocycles. The number of methoxy groups -OCH3 is 1. The van der Waals surface area contributed by atoms with Crippen LogP contribution in [0, 0.1) is 0 Å². The van der Waals surface area contributed by atoms with E-state index in [2.05, 4.69) is 45.2 Å². The van der Waals surface area contributed by atoms with Crippen LogP contribution < -0.4 is 10.1 Å². The average molecular weight is 321 g/mol. The molecule has 0 bridgehead atoms. The van der Waals surface area contributed by atoms with E-state index >= 15 is 0 Å². The summed E-state index contributed by atoms with van der Waals surface area (Å²) in [4.78, 5) is 4.65. The third kappa shape index (κ3) is 2.89. The molecule has 124 valence electrons. The number of ether oxygens (including phenoxy) is 1. The van der Waals surface area contributed by atoms with Crippen molar-refractivity contribution in [1.82, 2.24) is 14.9 Å². The van der Waals surface area contributed by atoms with Gasteiger partial charge in [-0.1, -0.05) is 12.1 Å². The fraction of sp³-hybridized carbons (Fsp3) is 0.350. The van der Waals surface area contributed by atoms with Crippen molar-refractivity contribution in [3.63, 3.8) is 0 Å². The maximum Gasteiger partial charge on any atom is 0.140 e. The molecule has 4 heteroatoms. The highest BCUT2D eigenvalue weighted by Gasteiger charge is 2.21. The van der Waals surface area contributed by atoms with E-state index in [1.165, 1.54) is 29.5 Å². The van der Waals surface area contributed by atoms with Gasteiger partial charge in [0, 0.05) is 36.3 Å². The van der Waals surface area contributed by atoms with E-state index in [1.807, 2.05) is 18.3 Å². The SMILES string of the molecule is COc1cccc(Cn2c([C@@H]3CCCNC3)cc3cccnc32)c1. The number of nitrogens with one attached hydrogen (secondary N) is 1. The molecule has 0 unspecified atom stereocenters. The first-order valence-corrected chi connectivity index (χ1v) is 8.63. The fourth-order valence-electron chi connectivity index (χ4n) is 3.67. The van der Waals surface area contributed by atoms with Crippen molar-refractivity contribution < 1.29 is 4.74 Å². The normalized spacial score (nSPS) is 18.0. The van der Waals surface area contributed by atoms with E-state index in [0.29, 0.717) is 5.92 Å². The lowest BCUT2D eigenvalue weighted by atomic mass is 9.96. The molecular weight excluding hydrogens is 298 g/mol. The molecule has 3 heterocycles. The van der Waals surface area contributed by atoms with Gasteiger partial charge in [0.2, 0.25) is 0 Å². The highest BCUT2D eigenvalue weighted by molar-refractivity contribution is 5.77. The summed E-state index contributed by atoms with van der Waals surface area (Å²) in [5, 5.41) is 4.76. The highest BCUT2D eigenvalue weighted by atomic mass is 16.5. The Bertz CT molecular complexity index is 834. The molecule has 0 spiro atoms. The lowest BCUT2D eigenvalue weighted by Crippen LogP contribution is -2.29. The van der Waals surface area contributed by atoms with Crippen LogP contribution in [0.2, 0.25) is 0 Å². The lowest BCUT2D eigenvalue weighted by molar-refractivity contribution is 0.414. The van der Waals surface area contributed by atoms with Crippen molar-refractivity contribution in [2.45, 2.75) is 25.3 Å². The van der Waals surface area contributed by atoms with Crippen LogP contribution >= 0.6 is 0 Å². The van der Waals surface area contributed by atoms with Gasteiger partial charge in [0.25, 0.3) is 0 Å². The third-order valence-electron chi connectivity index (χ3n) is 4.88. The van der Waals surface area contributed by atoms with Gasteiger partial charge in [-0.15, -0.1) is 0 Å². The predicted octanol–water partition coefficient (Wildman–Crippen LogP) is 3.56. The van der Waals surface area contributed by atoms with E-state index in [4.69, 9.17) is 4.74 Å². The Kier molecular flexibility index (Phi) is 4.22. The largest absolute Gasteiger partial charge is 0.497 e. The maximum atomic E-state index is 5.37. The fourth-order valence-corrected chi connectivity index (χ4v) is 3.67. The van der Waals surface area contributed by atoms with Gasteiger partial charge >= 0.3 is 0 Å². The minimum atomic E-state index is 0.554. The quantitative estimate of drug-likeness (QED) is 0.798. The molecule has 0 radical (unpaired) electrons. The molecule has 1 N–H and O–H groups in total. The van der Waals surface area contributed by atoms with Crippen LogP contribution in [-0.2, 0) is 6.54 Å². The van der Waals surface area contributed by atoms with Gasteiger partial charge in [0.05, 0.1) is 7.11 Å². The molecule has 0 amide bonds. The maximum absolute atomic E-state index is 5.37. The van der Waals surface area contributed by atoms with Gasteiger partial charge in [0.1, 0.15) is 11.4 Å². The Hall–Kier alpha value is -2.33. The molecule has 0 saturated carbocycles. The predicted molar refractivity (Wildman–Crippen MR) is 96.7 cm³/mol. The number of hydrogen-bond acceptors (Lipinski definition) is 3. The average Bonchev–Trinajstić information content (AvgIpc) is 3.01. The van der Waals surface area contributed by atoms with E-state index in [9.17, 15) is 0 Å². The number of nitrogens with zero attached hydrogens (tertiary/aromatic N) is 2. The Labute approximate surface area is 142 Å². The number of fused-ring (bicyclic) bond motifs is 1. The van der Waals surface area contributed by atoms with Crippen LogP contribution in [0.25, 0.3) is 11.0 Å². The summed E-state index contributed by atoms with van der Waals surface area (Å²) in [5.41, 5.74) is 3.70. The number of pyridine rings is 1. The summed E-state index contributed by atoms with van der Waals surface area (Å²) >= 11 is 0. The second-order valence-corrected chi connectivity index (χ2v) is 6.47. The van der Waals surface area contributed by atoms with E-state index in [-0.39, 0.29) is 0 Å². The van der Waals surface area contributed by atoms with Crippen LogP contribution in [0.3, 0.4) is 0 Å².